The van der Waals surface area contributed by atoms with Crippen molar-refractivity contribution in [3.8, 4) is 0 Å². The Kier molecular flexibility index (Phi) is 20.9. The summed E-state index contributed by atoms with van der Waals surface area (Å²) in [5.74, 6) is -2.58. The summed E-state index contributed by atoms with van der Waals surface area (Å²) < 4.78 is 37.5. The lowest BCUT2D eigenvalue weighted by Gasteiger charge is -2.48. The summed E-state index contributed by atoms with van der Waals surface area (Å²) in [5.41, 5.74) is -4.37. The predicted octanol–water partition coefficient (Wildman–Crippen LogP) is 1.46. The van der Waals surface area contributed by atoms with Crippen molar-refractivity contribution in [2.24, 2.45) is 17.8 Å². The number of methoxy groups -OCH3 is 1. The van der Waals surface area contributed by atoms with Gasteiger partial charge in [0.25, 0.3) is 0 Å². The van der Waals surface area contributed by atoms with E-state index < -0.39 is 96.0 Å². The van der Waals surface area contributed by atoms with Crippen molar-refractivity contribution in [2.75, 3.05) is 34.8 Å². The molecule has 3 fully saturated rings. The molecule has 16 heteroatoms. The van der Waals surface area contributed by atoms with Crippen LogP contribution in [-0.4, -0.2) is 183 Å². The van der Waals surface area contributed by atoms with Crippen LogP contribution in [0.1, 0.15) is 109 Å². The average molecular weight is 827 g/mol. The molecule has 3 rings (SSSR count). The van der Waals surface area contributed by atoms with E-state index in [0.29, 0.717) is 13.0 Å². The first-order valence-corrected chi connectivity index (χ1v) is 20.6. The van der Waals surface area contributed by atoms with Gasteiger partial charge in [0.15, 0.2) is 12.6 Å². The second kappa shape index (κ2) is 22.1. The lowest BCUT2D eigenvalue weighted by atomic mass is 9.77. The van der Waals surface area contributed by atoms with Gasteiger partial charge in [0.05, 0.1) is 41.5 Å². The zero-order chi connectivity index (χ0) is 43.2. The van der Waals surface area contributed by atoms with Crippen molar-refractivity contribution < 1.29 is 69.3 Å². The molecule has 340 valence electrons. The van der Waals surface area contributed by atoms with Crippen LogP contribution in [0.4, 0.5) is 0 Å². The number of ether oxygens (including phenoxy) is 6. The largest absolute Gasteiger partial charge is 0.459 e. The van der Waals surface area contributed by atoms with Gasteiger partial charge in [-0.15, -0.1) is 0 Å². The molecule has 0 bridgehead atoms. The quantitative estimate of drug-likeness (QED) is 0.200. The fourth-order valence-corrected chi connectivity index (χ4v) is 8.74. The van der Waals surface area contributed by atoms with Crippen LogP contribution in [0.25, 0.3) is 0 Å². The molecule has 0 spiro atoms. The van der Waals surface area contributed by atoms with Gasteiger partial charge in [-0.2, -0.15) is 0 Å². The smallest absolute Gasteiger partial charge is 0.311 e. The number of carbonyl (C=O) groups excluding carboxylic acids is 1. The topological polar surface area (TPSA) is 232 Å². The van der Waals surface area contributed by atoms with Crippen molar-refractivity contribution in [2.45, 2.75) is 205 Å². The van der Waals surface area contributed by atoms with Gasteiger partial charge in [0.1, 0.15) is 30.0 Å². The maximum absolute atomic E-state index is 14.2. The highest BCUT2D eigenvalue weighted by Crippen LogP contribution is 2.40. The number of esters is 1. The summed E-state index contributed by atoms with van der Waals surface area (Å²) in [6, 6.07) is -0.808. The monoisotopic (exact) mass is 827 g/mol. The number of likely N-dealkylation sites (N-methyl/N-ethyl adjacent to an activating group) is 2. The van der Waals surface area contributed by atoms with E-state index in [-0.39, 0.29) is 48.9 Å². The molecule has 0 radical (unpaired) electrons. The number of hydrogen-bond donors (Lipinski definition) is 6. The Bertz CT molecular complexity index is 1190. The summed E-state index contributed by atoms with van der Waals surface area (Å²) in [6.07, 6.45) is -8.36. The molecule has 0 aliphatic carbocycles. The number of aliphatic hydroxyl groups is 6. The standard InChI is InChI=1S/C38H72N2O12.C3H8O.H2O/c1-15-27-38(10,46)31(42)24(6)40(13)19-20(2)17-36(8,45)33(52-35-29(41)26(39(11)12)16-21(3)48-35)22(4)30(23(5)34(44)50-27)51-28-18-37(9,47-14)32(43)25(7)49-28;1-3(2)4;/h20-33,35,41-43,45-46H,15-19H2,1-14H3;3-4H,1-2H3;1H2/t20-,21?,22+,23-,24-,25?,26?,27-,28?,29?,30+,31-,32?,33-,35?,36-,37?,38-;;/m1../s1. The highest BCUT2D eigenvalue weighted by atomic mass is 16.7. The molecule has 0 aromatic heterocycles. The van der Waals surface area contributed by atoms with Crippen molar-refractivity contribution in [3.63, 3.8) is 0 Å². The van der Waals surface area contributed by atoms with Crippen molar-refractivity contribution >= 4 is 5.97 Å². The summed E-state index contributed by atoms with van der Waals surface area (Å²) in [7, 11) is 7.12. The molecule has 3 aliphatic rings. The van der Waals surface area contributed by atoms with Gasteiger partial charge < -0.3 is 74.3 Å². The lowest BCUT2D eigenvalue weighted by Crippen LogP contribution is -2.60. The number of hydrogen-bond acceptors (Lipinski definition) is 15. The molecule has 3 heterocycles. The van der Waals surface area contributed by atoms with Crippen LogP contribution >= 0.6 is 0 Å². The van der Waals surface area contributed by atoms with Crippen molar-refractivity contribution in [1.29, 1.82) is 0 Å². The van der Waals surface area contributed by atoms with Crippen LogP contribution < -0.4 is 0 Å². The predicted molar refractivity (Wildman–Crippen MR) is 215 cm³/mol. The first-order valence-electron chi connectivity index (χ1n) is 20.6. The fourth-order valence-electron chi connectivity index (χ4n) is 8.74. The molecular weight excluding hydrogens is 744 g/mol. The molecule has 0 saturated carbocycles. The molecule has 8 N–H and O–H groups in total. The van der Waals surface area contributed by atoms with Gasteiger partial charge in [-0.1, -0.05) is 20.8 Å². The average Bonchev–Trinajstić information content (AvgIpc) is 3.09. The molecule has 0 aromatic rings. The zero-order valence-electron chi connectivity index (χ0n) is 37.7. The van der Waals surface area contributed by atoms with E-state index in [1.165, 1.54) is 14.0 Å². The Morgan fingerprint density at radius 3 is 2.02 bits per heavy atom. The minimum absolute atomic E-state index is 0. The van der Waals surface area contributed by atoms with Crippen LogP contribution in [0.15, 0.2) is 0 Å². The van der Waals surface area contributed by atoms with Crippen LogP contribution in [0.3, 0.4) is 0 Å². The van der Waals surface area contributed by atoms with E-state index in [1.807, 2.05) is 51.7 Å². The lowest BCUT2D eigenvalue weighted by molar-refractivity contribution is -0.318. The Morgan fingerprint density at radius 2 is 1.51 bits per heavy atom. The number of cyclic esters (lactones) is 1. The SMILES string of the molecule is CC(C)O.CC[C@H]1OC(=O)[C@H](C)[C@@H](OC2CC(C)(OC)C(O)C(C)O2)[C@H](C)[C@@H](OC2OC(C)CC(N(C)C)C2O)[C@](C)(O)C[C@@H](C)CN(C)[C@H](C)[C@@H](O)[C@]1(C)O.O. The molecular formula is C41H82N2O14. The van der Waals surface area contributed by atoms with Crippen LogP contribution in [0.2, 0.25) is 0 Å². The Hall–Kier alpha value is -1.09. The summed E-state index contributed by atoms with van der Waals surface area (Å²) in [6.45, 7) is 21.5. The van der Waals surface area contributed by atoms with Crippen LogP contribution in [-0.2, 0) is 33.2 Å². The Morgan fingerprint density at radius 1 is 0.947 bits per heavy atom. The molecule has 18 atom stereocenters. The van der Waals surface area contributed by atoms with Crippen molar-refractivity contribution in [1.82, 2.24) is 9.80 Å². The third kappa shape index (κ3) is 13.7. The van der Waals surface area contributed by atoms with Gasteiger partial charge in [-0.3, -0.25) is 4.79 Å². The maximum Gasteiger partial charge on any atom is 0.311 e. The molecule has 57 heavy (non-hydrogen) atoms. The normalized spacial score (nSPS) is 45.9. The highest BCUT2D eigenvalue weighted by molar-refractivity contribution is 5.73. The van der Waals surface area contributed by atoms with E-state index in [9.17, 15) is 30.3 Å². The minimum atomic E-state index is -1.80. The van der Waals surface area contributed by atoms with E-state index >= 15 is 0 Å². The number of carbonyl (C=O) groups is 1. The molecule has 3 aliphatic heterocycles. The van der Waals surface area contributed by atoms with E-state index in [2.05, 4.69) is 0 Å². The second-order valence-electron chi connectivity index (χ2n) is 18.3. The van der Waals surface area contributed by atoms with E-state index in [0.717, 1.165) is 0 Å². The van der Waals surface area contributed by atoms with Crippen LogP contribution in [0, 0.1) is 17.8 Å². The van der Waals surface area contributed by atoms with E-state index in [4.69, 9.17) is 33.5 Å². The molecule has 0 amide bonds. The van der Waals surface area contributed by atoms with E-state index in [1.54, 1.807) is 55.4 Å². The summed E-state index contributed by atoms with van der Waals surface area (Å²) >= 11 is 0. The molecule has 16 nitrogen and oxygen atoms in total. The number of aliphatic hydroxyl groups excluding tert-OH is 4. The fraction of sp³-hybridized carbons (Fsp3) is 0.976. The first kappa shape index (κ1) is 53.9. The second-order valence-corrected chi connectivity index (χ2v) is 18.3. The van der Waals surface area contributed by atoms with Crippen molar-refractivity contribution in [3.05, 3.63) is 0 Å². The molecule has 0 aromatic carbocycles. The summed E-state index contributed by atoms with van der Waals surface area (Å²) in [5, 5.41) is 66.2. The highest BCUT2D eigenvalue weighted by Gasteiger charge is 2.52. The van der Waals surface area contributed by atoms with Gasteiger partial charge in [-0.05, 0) is 109 Å². The van der Waals surface area contributed by atoms with Gasteiger partial charge in [0.2, 0.25) is 0 Å². The van der Waals surface area contributed by atoms with Crippen LogP contribution in [0.5, 0.6) is 0 Å². The van der Waals surface area contributed by atoms with Gasteiger partial charge in [-0.25, -0.2) is 0 Å². The van der Waals surface area contributed by atoms with Gasteiger partial charge >= 0.3 is 5.97 Å². The first-order chi connectivity index (χ1) is 25.6. The molecule has 3 saturated heterocycles. The third-order valence-electron chi connectivity index (χ3n) is 12.2. The third-order valence-corrected chi connectivity index (χ3v) is 12.2. The number of rotatable bonds is 7. The zero-order valence-corrected chi connectivity index (χ0v) is 37.7. The van der Waals surface area contributed by atoms with Gasteiger partial charge in [0, 0.05) is 44.2 Å². The Balaban J connectivity index is 0.00000309. The Labute approximate surface area is 342 Å². The maximum atomic E-state index is 14.2. The number of nitrogens with zero attached hydrogens (tertiary/aromatic N) is 2. The molecule has 8 unspecified atom stereocenters. The summed E-state index contributed by atoms with van der Waals surface area (Å²) in [4.78, 5) is 18.0. The minimum Gasteiger partial charge on any atom is -0.459 e.